The van der Waals surface area contributed by atoms with Crippen molar-refractivity contribution in [2.45, 2.75) is 50.6 Å². The summed E-state index contributed by atoms with van der Waals surface area (Å²) in [7, 11) is 0. The predicted molar refractivity (Wildman–Crippen MR) is 84.2 cm³/mol. The van der Waals surface area contributed by atoms with Gasteiger partial charge in [0.1, 0.15) is 0 Å². The molecule has 0 aromatic heterocycles. The summed E-state index contributed by atoms with van der Waals surface area (Å²) in [5, 5.41) is 3.60. The van der Waals surface area contributed by atoms with E-state index in [2.05, 4.69) is 53.3 Å². The van der Waals surface area contributed by atoms with E-state index in [1.54, 1.807) is 0 Å². The molecule has 0 radical (unpaired) electrons. The van der Waals surface area contributed by atoms with Crippen LogP contribution in [0.25, 0.3) is 0 Å². The molecule has 1 saturated carbocycles. The summed E-state index contributed by atoms with van der Waals surface area (Å²) in [4.78, 5) is 1.43. The van der Waals surface area contributed by atoms with Gasteiger partial charge in [-0.15, -0.1) is 11.8 Å². The highest BCUT2D eigenvalue weighted by Crippen LogP contribution is 2.29. The lowest BCUT2D eigenvalue weighted by molar-refractivity contribution is 0.631. The Morgan fingerprint density at radius 1 is 1.39 bits per heavy atom. The standard InChI is InChI=1S/C15H22BrNS/c1-11(2)7-8-18-15-9-13(16)4-3-12(15)10-17-14-5-6-14/h3-4,9,11,14,17H,5-8,10H2,1-2H3. The zero-order valence-corrected chi connectivity index (χ0v) is 13.6. The van der Waals surface area contributed by atoms with E-state index in [-0.39, 0.29) is 0 Å². The summed E-state index contributed by atoms with van der Waals surface area (Å²) in [5.41, 5.74) is 1.44. The summed E-state index contributed by atoms with van der Waals surface area (Å²) in [6.07, 6.45) is 3.99. The van der Waals surface area contributed by atoms with Gasteiger partial charge in [0.05, 0.1) is 0 Å². The molecule has 0 unspecified atom stereocenters. The molecule has 1 aliphatic rings. The molecule has 0 amide bonds. The number of hydrogen-bond donors (Lipinski definition) is 1. The molecule has 0 saturated heterocycles. The van der Waals surface area contributed by atoms with Gasteiger partial charge < -0.3 is 5.32 Å². The van der Waals surface area contributed by atoms with Crippen LogP contribution in [0.15, 0.2) is 27.6 Å². The van der Waals surface area contributed by atoms with Crippen LogP contribution in [0.3, 0.4) is 0 Å². The summed E-state index contributed by atoms with van der Waals surface area (Å²) >= 11 is 5.57. The monoisotopic (exact) mass is 327 g/mol. The molecule has 0 spiro atoms. The van der Waals surface area contributed by atoms with Gasteiger partial charge in [0.2, 0.25) is 0 Å². The van der Waals surface area contributed by atoms with E-state index >= 15 is 0 Å². The maximum absolute atomic E-state index is 3.60. The van der Waals surface area contributed by atoms with Crippen molar-refractivity contribution in [3.8, 4) is 0 Å². The first-order valence-corrected chi connectivity index (χ1v) is 8.57. The SMILES string of the molecule is CC(C)CCSc1cc(Br)ccc1CNC1CC1. The Morgan fingerprint density at radius 3 is 2.83 bits per heavy atom. The van der Waals surface area contributed by atoms with Gasteiger partial charge in [0.15, 0.2) is 0 Å². The number of nitrogens with one attached hydrogen (secondary N) is 1. The molecule has 2 rings (SSSR count). The van der Waals surface area contributed by atoms with E-state index in [1.807, 2.05) is 11.8 Å². The van der Waals surface area contributed by atoms with E-state index < -0.39 is 0 Å². The van der Waals surface area contributed by atoms with Crippen molar-refractivity contribution in [2.75, 3.05) is 5.75 Å². The van der Waals surface area contributed by atoms with Gasteiger partial charge in [0, 0.05) is 22.0 Å². The van der Waals surface area contributed by atoms with Crippen LogP contribution in [0.2, 0.25) is 0 Å². The van der Waals surface area contributed by atoms with Crippen LogP contribution in [-0.2, 0) is 6.54 Å². The quantitative estimate of drug-likeness (QED) is 0.719. The lowest BCUT2D eigenvalue weighted by Gasteiger charge is -2.11. The molecule has 0 aliphatic heterocycles. The Hall–Kier alpha value is 0.01000. The Bertz CT molecular complexity index is 388. The Balaban J connectivity index is 1.93. The average Bonchev–Trinajstić information content (AvgIpc) is 3.11. The normalized spacial score (nSPS) is 15.3. The van der Waals surface area contributed by atoms with Crippen molar-refractivity contribution < 1.29 is 0 Å². The first-order valence-electron chi connectivity index (χ1n) is 6.80. The smallest absolute Gasteiger partial charge is 0.0219 e. The van der Waals surface area contributed by atoms with Gasteiger partial charge in [-0.3, -0.25) is 0 Å². The fourth-order valence-corrected chi connectivity index (χ4v) is 3.61. The first kappa shape index (κ1) is 14.4. The van der Waals surface area contributed by atoms with Crippen LogP contribution < -0.4 is 5.32 Å². The van der Waals surface area contributed by atoms with E-state index in [4.69, 9.17) is 0 Å². The second-order valence-corrected chi connectivity index (χ2v) is 7.49. The Labute approximate surface area is 123 Å². The molecule has 1 aromatic carbocycles. The third kappa shape index (κ3) is 4.94. The van der Waals surface area contributed by atoms with Crippen LogP contribution in [0.5, 0.6) is 0 Å². The van der Waals surface area contributed by atoms with E-state index in [1.165, 1.54) is 39.9 Å². The number of thioether (sulfide) groups is 1. The largest absolute Gasteiger partial charge is 0.310 e. The van der Waals surface area contributed by atoms with Crippen LogP contribution in [0, 0.1) is 5.92 Å². The summed E-state index contributed by atoms with van der Waals surface area (Å²) in [6.45, 7) is 5.59. The Morgan fingerprint density at radius 2 is 2.17 bits per heavy atom. The van der Waals surface area contributed by atoms with E-state index in [0.29, 0.717) is 0 Å². The fourth-order valence-electron chi connectivity index (χ4n) is 1.76. The van der Waals surface area contributed by atoms with Gasteiger partial charge in [-0.1, -0.05) is 35.8 Å². The van der Waals surface area contributed by atoms with E-state index in [0.717, 1.165) is 18.5 Å². The first-order chi connectivity index (χ1) is 8.65. The number of rotatable bonds is 7. The highest BCUT2D eigenvalue weighted by molar-refractivity contribution is 9.10. The minimum atomic E-state index is 0.780. The lowest BCUT2D eigenvalue weighted by atomic mass is 10.2. The number of benzene rings is 1. The summed E-state index contributed by atoms with van der Waals surface area (Å²) < 4.78 is 1.18. The number of hydrogen-bond acceptors (Lipinski definition) is 2. The van der Waals surface area contributed by atoms with E-state index in [9.17, 15) is 0 Å². The molecule has 0 heterocycles. The molecule has 100 valence electrons. The van der Waals surface area contributed by atoms with Crippen molar-refractivity contribution in [3.63, 3.8) is 0 Å². The van der Waals surface area contributed by atoms with Crippen LogP contribution in [0.1, 0.15) is 38.7 Å². The minimum Gasteiger partial charge on any atom is -0.310 e. The third-order valence-electron chi connectivity index (χ3n) is 3.14. The predicted octanol–water partition coefficient (Wildman–Crippen LogP) is 4.84. The Kier molecular flexibility index (Phi) is 5.58. The van der Waals surface area contributed by atoms with Crippen molar-refractivity contribution in [3.05, 3.63) is 28.2 Å². The molecular weight excluding hydrogens is 306 g/mol. The highest BCUT2D eigenvalue weighted by Gasteiger charge is 2.20. The van der Waals surface area contributed by atoms with Gasteiger partial charge in [-0.2, -0.15) is 0 Å². The zero-order chi connectivity index (χ0) is 13.0. The second-order valence-electron chi connectivity index (χ2n) is 5.44. The van der Waals surface area contributed by atoms with Crippen LogP contribution in [0.4, 0.5) is 0 Å². The minimum absolute atomic E-state index is 0.780. The fraction of sp³-hybridized carbons (Fsp3) is 0.600. The van der Waals surface area contributed by atoms with Crippen molar-refractivity contribution in [1.29, 1.82) is 0 Å². The lowest BCUT2D eigenvalue weighted by Crippen LogP contribution is -2.15. The maximum atomic E-state index is 3.60. The van der Waals surface area contributed by atoms with Crippen LogP contribution >= 0.6 is 27.7 Å². The molecule has 0 bridgehead atoms. The van der Waals surface area contributed by atoms with Crippen LogP contribution in [-0.4, -0.2) is 11.8 Å². The molecule has 1 aliphatic carbocycles. The molecule has 3 heteroatoms. The topological polar surface area (TPSA) is 12.0 Å². The zero-order valence-electron chi connectivity index (χ0n) is 11.2. The molecule has 1 nitrogen and oxygen atoms in total. The van der Waals surface area contributed by atoms with Gasteiger partial charge >= 0.3 is 0 Å². The molecular formula is C15H22BrNS. The molecule has 18 heavy (non-hydrogen) atoms. The van der Waals surface area contributed by atoms with Gasteiger partial charge in [-0.25, -0.2) is 0 Å². The summed E-state index contributed by atoms with van der Waals surface area (Å²) in [6, 6.07) is 7.44. The highest BCUT2D eigenvalue weighted by atomic mass is 79.9. The third-order valence-corrected chi connectivity index (χ3v) is 4.76. The van der Waals surface area contributed by atoms with Gasteiger partial charge in [-0.05, 0) is 48.6 Å². The van der Waals surface area contributed by atoms with Gasteiger partial charge in [0.25, 0.3) is 0 Å². The van der Waals surface area contributed by atoms with Crippen molar-refractivity contribution in [1.82, 2.24) is 5.32 Å². The molecule has 1 fully saturated rings. The van der Waals surface area contributed by atoms with Crippen molar-refractivity contribution >= 4 is 27.7 Å². The average molecular weight is 328 g/mol. The van der Waals surface area contributed by atoms with Crippen molar-refractivity contribution in [2.24, 2.45) is 5.92 Å². The number of halogens is 1. The second kappa shape index (κ2) is 6.97. The maximum Gasteiger partial charge on any atom is 0.0219 e. The molecule has 0 atom stereocenters. The molecule has 1 N–H and O–H groups in total. The molecule has 1 aromatic rings. The summed E-state index contributed by atoms with van der Waals surface area (Å²) in [5.74, 6) is 2.00.